The number of anilines is 1. The minimum Gasteiger partial charge on any atom is -0.486 e. The Labute approximate surface area is 172 Å². The van der Waals surface area contributed by atoms with Gasteiger partial charge in [-0.25, -0.2) is 9.78 Å². The van der Waals surface area contributed by atoms with Gasteiger partial charge in [-0.1, -0.05) is 36.0 Å². The number of aromatic amines is 1. The Bertz CT molecular complexity index is 1010. The van der Waals surface area contributed by atoms with Crippen molar-refractivity contribution in [3.05, 3.63) is 65.5 Å². The first-order chi connectivity index (χ1) is 14.0. The summed E-state index contributed by atoms with van der Waals surface area (Å²) in [6.07, 6.45) is 0. The second-order valence-electron chi connectivity index (χ2n) is 6.04. The van der Waals surface area contributed by atoms with E-state index in [0.29, 0.717) is 22.2 Å². The van der Waals surface area contributed by atoms with Crippen LogP contribution in [0.25, 0.3) is 0 Å². The van der Waals surface area contributed by atoms with Crippen LogP contribution in [0, 0.1) is 6.92 Å². The van der Waals surface area contributed by atoms with Crippen LogP contribution in [0.4, 0.5) is 5.69 Å². The molecule has 0 saturated carbocycles. The van der Waals surface area contributed by atoms with Crippen LogP contribution in [0.1, 0.15) is 21.7 Å². The molecule has 2 aromatic carbocycles. The van der Waals surface area contributed by atoms with Crippen LogP contribution in [-0.2, 0) is 16.1 Å². The number of aromatic nitrogens is 3. The molecule has 0 radical (unpaired) electrons. The lowest BCUT2D eigenvalue weighted by Gasteiger charge is -2.08. The van der Waals surface area contributed by atoms with Crippen molar-refractivity contribution in [2.75, 3.05) is 18.2 Å². The molecule has 1 heterocycles. The van der Waals surface area contributed by atoms with Crippen molar-refractivity contribution in [2.24, 2.45) is 0 Å². The Morgan fingerprint density at radius 2 is 2.00 bits per heavy atom. The molecule has 0 aliphatic heterocycles. The lowest BCUT2D eigenvalue weighted by molar-refractivity contribution is -0.113. The van der Waals surface area contributed by atoms with Crippen molar-refractivity contribution >= 4 is 29.3 Å². The maximum Gasteiger partial charge on any atom is 0.339 e. The Balaban J connectivity index is 1.51. The maximum atomic E-state index is 12.2. The molecule has 0 fully saturated rings. The zero-order valence-corrected chi connectivity index (χ0v) is 16.8. The van der Waals surface area contributed by atoms with Crippen LogP contribution in [0.3, 0.4) is 0 Å². The van der Waals surface area contributed by atoms with Crippen LogP contribution >= 0.6 is 11.8 Å². The maximum absolute atomic E-state index is 12.2. The Morgan fingerprint density at radius 3 is 2.79 bits per heavy atom. The quantitative estimate of drug-likeness (QED) is 0.432. The predicted molar refractivity (Wildman–Crippen MR) is 109 cm³/mol. The molecule has 0 atom stereocenters. The number of carbonyl (C=O) groups is 2. The molecule has 3 aromatic rings. The van der Waals surface area contributed by atoms with E-state index in [-0.39, 0.29) is 18.3 Å². The summed E-state index contributed by atoms with van der Waals surface area (Å²) in [7, 11) is 1.29. The van der Waals surface area contributed by atoms with Gasteiger partial charge in [-0.05, 0) is 36.8 Å². The Morgan fingerprint density at radius 1 is 1.17 bits per heavy atom. The van der Waals surface area contributed by atoms with E-state index in [0.717, 1.165) is 11.3 Å². The van der Waals surface area contributed by atoms with E-state index in [9.17, 15) is 9.59 Å². The van der Waals surface area contributed by atoms with E-state index in [1.807, 2.05) is 31.2 Å². The molecule has 0 bridgehead atoms. The molecular formula is C20H20N4O4S. The molecule has 29 heavy (non-hydrogen) atoms. The Kier molecular flexibility index (Phi) is 6.85. The topological polar surface area (TPSA) is 106 Å². The van der Waals surface area contributed by atoms with Gasteiger partial charge in [0.05, 0.1) is 24.1 Å². The van der Waals surface area contributed by atoms with E-state index >= 15 is 0 Å². The third-order valence-corrected chi connectivity index (χ3v) is 4.66. The number of aryl methyl sites for hydroxylation is 1. The minimum atomic E-state index is -0.513. The molecule has 1 aromatic heterocycles. The van der Waals surface area contributed by atoms with E-state index in [1.54, 1.807) is 24.3 Å². The second-order valence-corrected chi connectivity index (χ2v) is 6.99. The number of nitrogens with zero attached hydrogens (tertiary/aromatic N) is 2. The zero-order chi connectivity index (χ0) is 20.6. The van der Waals surface area contributed by atoms with Crippen molar-refractivity contribution in [3.63, 3.8) is 0 Å². The highest BCUT2D eigenvalue weighted by Crippen LogP contribution is 2.18. The number of amides is 1. The van der Waals surface area contributed by atoms with Gasteiger partial charge in [0.2, 0.25) is 11.1 Å². The van der Waals surface area contributed by atoms with Crippen molar-refractivity contribution in [3.8, 4) is 5.75 Å². The number of nitrogens with one attached hydrogen (secondary N) is 2. The van der Waals surface area contributed by atoms with Crippen molar-refractivity contribution in [1.82, 2.24) is 15.2 Å². The van der Waals surface area contributed by atoms with Crippen LogP contribution < -0.4 is 10.1 Å². The lowest BCUT2D eigenvalue weighted by Crippen LogP contribution is -2.17. The summed E-state index contributed by atoms with van der Waals surface area (Å²) in [5.41, 5.74) is 1.80. The average molecular weight is 412 g/mol. The molecule has 0 saturated heterocycles. The molecule has 2 N–H and O–H groups in total. The molecule has 1 amide bonds. The monoisotopic (exact) mass is 412 g/mol. The van der Waals surface area contributed by atoms with Gasteiger partial charge in [0.1, 0.15) is 12.4 Å². The first kappa shape index (κ1) is 20.4. The summed E-state index contributed by atoms with van der Waals surface area (Å²) in [5.74, 6) is 0.602. The molecule has 0 aliphatic carbocycles. The minimum absolute atomic E-state index is 0.0888. The summed E-state index contributed by atoms with van der Waals surface area (Å²) in [5, 5.41) is 10.0. The molecule has 0 unspecified atom stereocenters. The predicted octanol–water partition coefficient (Wildman–Crippen LogP) is 3.21. The summed E-state index contributed by atoms with van der Waals surface area (Å²) >= 11 is 1.18. The molecule has 150 valence electrons. The summed E-state index contributed by atoms with van der Waals surface area (Å²) in [6.45, 7) is 2.24. The number of rotatable bonds is 8. The molecule has 8 nitrogen and oxygen atoms in total. The number of esters is 1. The van der Waals surface area contributed by atoms with E-state index < -0.39 is 5.97 Å². The molecular weight excluding hydrogens is 392 g/mol. The molecule has 3 rings (SSSR count). The number of methoxy groups -OCH3 is 1. The number of hydrogen-bond acceptors (Lipinski definition) is 7. The highest BCUT2D eigenvalue weighted by atomic mass is 32.2. The van der Waals surface area contributed by atoms with Crippen molar-refractivity contribution in [1.29, 1.82) is 0 Å². The van der Waals surface area contributed by atoms with Crippen LogP contribution in [0.2, 0.25) is 0 Å². The first-order valence-corrected chi connectivity index (χ1v) is 9.74. The number of benzene rings is 2. The SMILES string of the molecule is COC(=O)c1ccccc1NC(=O)CSc1n[nH]c(COc2cccc(C)c2)n1. The fraction of sp³-hybridized carbons (Fsp3) is 0.200. The zero-order valence-electron chi connectivity index (χ0n) is 16.0. The van der Waals surface area contributed by atoms with Crippen LogP contribution in [-0.4, -0.2) is 39.9 Å². The van der Waals surface area contributed by atoms with Gasteiger partial charge in [0, 0.05) is 0 Å². The van der Waals surface area contributed by atoms with Gasteiger partial charge in [-0.3, -0.25) is 9.89 Å². The van der Waals surface area contributed by atoms with Gasteiger partial charge in [0.15, 0.2) is 5.82 Å². The normalized spacial score (nSPS) is 10.4. The number of H-pyrrole nitrogens is 1. The summed E-state index contributed by atoms with van der Waals surface area (Å²) in [4.78, 5) is 28.3. The van der Waals surface area contributed by atoms with Crippen molar-refractivity contribution in [2.45, 2.75) is 18.7 Å². The summed E-state index contributed by atoms with van der Waals surface area (Å²) in [6, 6.07) is 14.4. The largest absolute Gasteiger partial charge is 0.486 e. The second kappa shape index (κ2) is 9.74. The van der Waals surface area contributed by atoms with Gasteiger partial charge in [-0.2, -0.15) is 0 Å². The van der Waals surface area contributed by atoms with E-state index in [1.165, 1.54) is 18.9 Å². The highest BCUT2D eigenvalue weighted by Gasteiger charge is 2.14. The van der Waals surface area contributed by atoms with Crippen LogP contribution in [0.5, 0.6) is 5.75 Å². The van der Waals surface area contributed by atoms with Crippen LogP contribution in [0.15, 0.2) is 53.7 Å². The third-order valence-electron chi connectivity index (χ3n) is 3.82. The average Bonchev–Trinajstić information content (AvgIpc) is 3.18. The highest BCUT2D eigenvalue weighted by molar-refractivity contribution is 7.99. The van der Waals surface area contributed by atoms with Gasteiger partial charge in [0.25, 0.3) is 0 Å². The molecule has 0 spiro atoms. The molecule has 9 heteroatoms. The number of carbonyl (C=O) groups excluding carboxylic acids is 2. The number of thioether (sulfide) groups is 1. The fourth-order valence-electron chi connectivity index (χ4n) is 2.46. The smallest absolute Gasteiger partial charge is 0.339 e. The number of para-hydroxylation sites is 1. The van der Waals surface area contributed by atoms with E-state index in [2.05, 4.69) is 20.5 Å². The first-order valence-electron chi connectivity index (χ1n) is 8.76. The van der Waals surface area contributed by atoms with Crippen molar-refractivity contribution < 1.29 is 19.1 Å². The standard InChI is InChI=1S/C20H20N4O4S/c1-13-6-5-7-14(10-13)28-11-17-22-20(24-23-17)29-12-18(25)21-16-9-4-3-8-15(16)19(26)27-2/h3-10H,11-12H2,1-2H3,(H,21,25)(H,22,23,24). The number of hydrogen-bond donors (Lipinski definition) is 2. The van der Waals surface area contributed by atoms with E-state index in [4.69, 9.17) is 9.47 Å². The molecule has 0 aliphatic rings. The number of ether oxygens (including phenoxy) is 2. The fourth-order valence-corrected chi connectivity index (χ4v) is 3.08. The third kappa shape index (κ3) is 5.82. The van der Waals surface area contributed by atoms with Gasteiger partial charge < -0.3 is 14.8 Å². The summed E-state index contributed by atoms with van der Waals surface area (Å²) < 4.78 is 10.4. The van der Waals surface area contributed by atoms with Gasteiger partial charge >= 0.3 is 5.97 Å². The Hall–Kier alpha value is -3.33. The van der Waals surface area contributed by atoms with Gasteiger partial charge in [-0.15, -0.1) is 5.10 Å². The lowest BCUT2D eigenvalue weighted by atomic mass is 10.2.